The van der Waals surface area contributed by atoms with Crippen LogP contribution in [0.4, 0.5) is 0 Å². The highest BCUT2D eigenvalue weighted by Gasteiger charge is 2.36. The average Bonchev–Trinajstić information content (AvgIpc) is 2.80. The van der Waals surface area contributed by atoms with Gasteiger partial charge in [-0.2, -0.15) is 0 Å². The summed E-state index contributed by atoms with van der Waals surface area (Å²) in [5.74, 6) is 0.0781. The Balaban J connectivity index is 0. The number of hydrogen-bond acceptors (Lipinski definition) is 3. The first-order chi connectivity index (χ1) is 15.7. The summed E-state index contributed by atoms with van der Waals surface area (Å²) in [7, 11) is 0. The smallest absolute Gasteiger partial charge is 0.312 e. The van der Waals surface area contributed by atoms with Gasteiger partial charge in [0.05, 0.1) is 12.0 Å². The number of hydrogen-bond donors (Lipinski definition) is 1. The number of esters is 1. The van der Waals surface area contributed by atoms with E-state index in [-0.39, 0.29) is 17.5 Å². The summed E-state index contributed by atoms with van der Waals surface area (Å²) < 4.78 is 5.54. The quantitative estimate of drug-likeness (QED) is 0.107. The highest BCUT2D eigenvalue weighted by molar-refractivity contribution is 5.76. The summed E-state index contributed by atoms with van der Waals surface area (Å²) >= 11 is 0. The van der Waals surface area contributed by atoms with Crippen molar-refractivity contribution in [1.82, 2.24) is 6.15 Å². The standard InChI is InChI=1S/C30H60O2.H3N/c1-5-9-11-13-15-17-19-21-23-25-27-30(7-3,29(31)32-8-4)28-26-24-22-20-18-16-14-12-10-6-2;/h5-28H2,1-4H3;1H3. The molecule has 3 N–H and O–H groups in total. The second kappa shape index (κ2) is 26.0. The van der Waals surface area contributed by atoms with Gasteiger partial charge in [0, 0.05) is 0 Å². The number of carbonyl (C=O) groups is 1. The van der Waals surface area contributed by atoms with Crippen LogP contribution in [0.25, 0.3) is 0 Å². The van der Waals surface area contributed by atoms with Gasteiger partial charge in [0.25, 0.3) is 0 Å². The largest absolute Gasteiger partial charge is 0.466 e. The molecular weight excluding hydrogens is 406 g/mol. The molecule has 0 fully saturated rings. The summed E-state index contributed by atoms with van der Waals surface area (Å²) in [6, 6.07) is 0. The lowest BCUT2D eigenvalue weighted by atomic mass is 9.75. The van der Waals surface area contributed by atoms with Crippen molar-refractivity contribution in [3.8, 4) is 0 Å². The molecule has 0 atom stereocenters. The fourth-order valence-electron chi connectivity index (χ4n) is 5.01. The van der Waals surface area contributed by atoms with Crippen molar-refractivity contribution < 1.29 is 9.53 Å². The van der Waals surface area contributed by atoms with Crippen LogP contribution in [0.15, 0.2) is 0 Å². The molecule has 0 aliphatic heterocycles. The van der Waals surface area contributed by atoms with E-state index in [1.165, 1.54) is 128 Å². The lowest BCUT2D eigenvalue weighted by molar-refractivity contribution is -0.157. The van der Waals surface area contributed by atoms with Crippen LogP contribution in [0.2, 0.25) is 0 Å². The number of ether oxygens (including phenoxy) is 1. The molecule has 0 bridgehead atoms. The molecule has 3 nitrogen and oxygen atoms in total. The van der Waals surface area contributed by atoms with E-state index >= 15 is 0 Å². The van der Waals surface area contributed by atoms with Gasteiger partial charge in [0.1, 0.15) is 0 Å². The first kappa shape index (κ1) is 34.6. The van der Waals surface area contributed by atoms with Crippen molar-refractivity contribution in [2.75, 3.05) is 6.61 Å². The van der Waals surface area contributed by atoms with Crippen molar-refractivity contribution in [1.29, 1.82) is 0 Å². The van der Waals surface area contributed by atoms with Gasteiger partial charge < -0.3 is 10.9 Å². The molecule has 0 aromatic rings. The summed E-state index contributed by atoms with van der Waals surface area (Å²) in [6.07, 6.45) is 29.9. The number of carbonyl (C=O) groups excluding carboxylic acids is 1. The van der Waals surface area contributed by atoms with Gasteiger partial charge in [0.15, 0.2) is 0 Å². The molecule has 200 valence electrons. The van der Waals surface area contributed by atoms with Gasteiger partial charge in [-0.3, -0.25) is 4.79 Å². The molecular formula is C30H63NO2. The van der Waals surface area contributed by atoms with E-state index in [4.69, 9.17) is 4.74 Å². The van der Waals surface area contributed by atoms with Crippen molar-refractivity contribution in [3.63, 3.8) is 0 Å². The van der Waals surface area contributed by atoms with Crippen LogP contribution >= 0.6 is 0 Å². The number of rotatable bonds is 25. The molecule has 0 aromatic carbocycles. The monoisotopic (exact) mass is 469 g/mol. The van der Waals surface area contributed by atoms with E-state index in [1.54, 1.807) is 0 Å². The van der Waals surface area contributed by atoms with Crippen LogP contribution in [0.3, 0.4) is 0 Å². The molecule has 0 saturated heterocycles. The van der Waals surface area contributed by atoms with Crippen LogP contribution in [0, 0.1) is 5.41 Å². The summed E-state index contributed by atoms with van der Waals surface area (Å²) in [5.41, 5.74) is -0.226. The minimum Gasteiger partial charge on any atom is -0.466 e. The van der Waals surface area contributed by atoms with E-state index in [9.17, 15) is 4.79 Å². The lowest BCUT2D eigenvalue weighted by Crippen LogP contribution is -2.32. The molecule has 0 aliphatic rings. The zero-order valence-electron chi connectivity index (χ0n) is 23.5. The Hall–Kier alpha value is -0.570. The predicted octanol–water partition coefficient (Wildman–Crippen LogP) is 10.7. The summed E-state index contributed by atoms with van der Waals surface area (Å²) in [4.78, 5) is 12.9. The molecule has 0 heterocycles. The maximum absolute atomic E-state index is 12.9. The van der Waals surface area contributed by atoms with Gasteiger partial charge in [0.2, 0.25) is 0 Å². The average molecular weight is 470 g/mol. The SMILES string of the molecule is CCCCCCCCCCCCC(CC)(CCCCCCCCCCCC)C(=O)OCC.N. The van der Waals surface area contributed by atoms with Gasteiger partial charge in [-0.1, -0.05) is 149 Å². The molecule has 0 aromatic heterocycles. The van der Waals surface area contributed by atoms with Crippen LogP contribution in [-0.2, 0) is 9.53 Å². The minimum absolute atomic E-state index is 0. The van der Waals surface area contributed by atoms with Crippen LogP contribution < -0.4 is 6.15 Å². The lowest BCUT2D eigenvalue weighted by Gasteiger charge is -2.30. The first-order valence-electron chi connectivity index (χ1n) is 14.8. The third-order valence-corrected chi connectivity index (χ3v) is 7.40. The van der Waals surface area contributed by atoms with Gasteiger partial charge in [-0.25, -0.2) is 0 Å². The molecule has 0 rings (SSSR count). The fraction of sp³-hybridized carbons (Fsp3) is 0.967. The maximum atomic E-state index is 12.9. The summed E-state index contributed by atoms with van der Waals surface area (Å²) in [6.45, 7) is 9.21. The van der Waals surface area contributed by atoms with E-state index in [1.807, 2.05) is 6.92 Å². The second-order valence-electron chi connectivity index (χ2n) is 10.2. The topological polar surface area (TPSA) is 61.3 Å². The van der Waals surface area contributed by atoms with Gasteiger partial charge >= 0.3 is 5.97 Å². The van der Waals surface area contributed by atoms with Crippen LogP contribution in [-0.4, -0.2) is 12.6 Å². The minimum atomic E-state index is -0.226. The summed E-state index contributed by atoms with van der Waals surface area (Å²) in [5, 5.41) is 0. The Morgan fingerprint density at radius 1 is 0.515 bits per heavy atom. The zero-order chi connectivity index (χ0) is 23.8. The van der Waals surface area contributed by atoms with Crippen LogP contribution in [0.1, 0.15) is 175 Å². The zero-order valence-corrected chi connectivity index (χ0v) is 23.5. The Kier molecular flexibility index (Phi) is 27.3. The van der Waals surface area contributed by atoms with E-state index in [0.717, 1.165) is 19.3 Å². The highest BCUT2D eigenvalue weighted by Crippen LogP contribution is 2.37. The van der Waals surface area contributed by atoms with Crippen molar-refractivity contribution in [2.24, 2.45) is 5.41 Å². The number of unbranched alkanes of at least 4 members (excludes halogenated alkanes) is 18. The molecule has 33 heavy (non-hydrogen) atoms. The highest BCUT2D eigenvalue weighted by atomic mass is 16.5. The molecule has 0 amide bonds. The van der Waals surface area contributed by atoms with E-state index < -0.39 is 0 Å². The van der Waals surface area contributed by atoms with Crippen molar-refractivity contribution >= 4 is 5.97 Å². The Bertz CT molecular complexity index is 373. The van der Waals surface area contributed by atoms with Crippen molar-refractivity contribution in [2.45, 2.75) is 175 Å². The molecule has 0 spiro atoms. The molecule has 0 aliphatic carbocycles. The third kappa shape index (κ3) is 19.4. The second-order valence-corrected chi connectivity index (χ2v) is 10.2. The third-order valence-electron chi connectivity index (χ3n) is 7.40. The van der Waals surface area contributed by atoms with E-state index in [2.05, 4.69) is 20.8 Å². The van der Waals surface area contributed by atoms with Gasteiger partial charge in [-0.05, 0) is 26.2 Å². The molecule has 0 unspecified atom stereocenters. The molecule has 0 saturated carbocycles. The maximum Gasteiger partial charge on any atom is 0.312 e. The van der Waals surface area contributed by atoms with E-state index in [0.29, 0.717) is 6.61 Å². The van der Waals surface area contributed by atoms with Gasteiger partial charge in [-0.15, -0.1) is 0 Å². The predicted molar refractivity (Wildman–Crippen MR) is 147 cm³/mol. The molecule has 0 radical (unpaired) electrons. The normalized spacial score (nSPS) is 11.4. The van der Waals surface area contributed by atoms with Crippen molar-refractivity contribution in [3.05, 3.63) is 0 Å². The Labute approximate surface area is 209 Å². The Morgan fingerprint density at radius 2 is 0.818 bits per heavy atom. The first-order valence-corrected chi connectivity index (χ1v) is 14.8. The Morgan fingerprint density at radius 3 is 1.09 bits per heavy atom. The fourth-order valence-corrected chi connectivity index (χ4v) is 5.01. The molecule has 3 heteroatoms. The van der Waals surface area contributed by atoms with Crippen LogP contribution in [0.5, 0.6) is 0 Å².